The number of hydrogen-bond donors (Lipinski definition) is 1. The van der Waals surface area contributed by atoms with Gasteiger partial charge in [-0.1, -0.05) is 72.8 Å². The van der Waals surface area contributed by atoms with Gasteiger partial charge in [-0.15, -0.1) is 0 Å². The molecule has 2 heteroatoms. The quantitative estimate of drug-likeness (QED) is 0.347. The topological polar surface area (TPSA) is 20.7 Å². The van der Waals surface area contributed by atoms with E-state index in [2.05, 4.69) is 113 Å². The molecule has 2 nitrogen and oxygen atoms in total. The molecule has 0 saturated carbocycles. The highest BCUT2D eigenvalue weighted by Gasteiger charge is 2.18. The fraction of sp³-hybridized carbons (Fsp3) is 0.133. The van der Waals surface area contributed by atoms with Crippen molar-refractivity contribution < 1.29 is 0 Å². The van der Waals surface area contributed by atoms with Gasteiger partial charge in [0.2, 0.25) is 0 Å². The number of para-hydroxylation sites is 2. The SMILES string of the molecule is C1=Cc2c([nH]c3ccccc3n(-c3cccc(-c4ccccc4)c3)c3c2CCC=C3)CC1. The Kier molecular flexibility index (Phi) is 4.77. The molecule has 0 aliphatic heterocycles. The average molecular weight is 415 g/mol. The fourth-order valence-electron chi connectivity index (χ4n) is 5.01. The molecule has 3 aromatic carbocycles. The molecular weight excluding hydrogens is 388 g/mol. The maximum Gasteiger partial charge on any atom is 0.0696 e. The molecule has 2 aliphatic carbocycles. The van der Waals surface area contributed by atoms with Gasteiger partial charge in [-0.3, -0.25) is 0 Å². The Hall–Kier alpha value is -3.78. The Bertz CT molecular complexity index is 1410. The second kappa shape index (κ2) is 8.05. The van der Waals surface area contributed by atoms with Crippen LogP contribution in [0.2, 0.25) is 0 Å². The second-order valence-corrected chi connectivity index (χ2v) is 8.53. The van der Waals surface area contributed by atoms with Crippen molar-refractivity contribution in [3.63, 3.8) is 0 Å². The lowest BCUT2D eigenvalue weighted by Gasteiger charge is -2.24. The van der Waals surface area contributed by atoms with Crippen LogP contribution in [0.1, 0.15) is 35.4 Å². The minimum atomic E-state index is 1.06. The number of aryl methyl sites for hydroxylation is 1. The first-order valence-electron chi connectivity index (χ1n) is 11.5. The highest BCUT2D eigenvalue weighted by Crippen LogP contribution is 2.32. The van der Waals surface area contributed by atoms with E-state index in [9.17, 15) is 0 Å². The second-order valence-electron chi connectivity index (χ2n) is 8.53. The molecule has 1 N–H and O–H groups in total. The zero-order chi connectivity index (χ0) is 21.3. The van der Waals surface area contributed by atoms with Gasteiger partial charge in [0.25, 0.3) is 0 Å². The summed E-state index contributed by atoms with van der Waals surface area (Å²) in [7, 11) is 0. The first kappa shape index (κ1) is 18.9. The predicted octanol–water partition coefficient (Wildman–Crippen LogP) is 7.67. The molecule has 1 aromatic heterocycles. The molecule has 1 heterocycles. The van der Waals surface area contributed by atoms with E-state index >= 15 is 0 Å². The number of nitrogens with one attached hydrogen (secondary N) is 1. The summed E-state index contributed by atoms with van der Waals surface area (Å²) in [6.07, 6.45) is 13.6. The van der Waals surface area contributed by atoms with Crippen molar-refractivity contribution in [2.24, 2.45) is 0 Å². The van der Waals surface area contributed by atoms with E-state index in [1.54, 1.807) is 0 Å². The monoisotopic (exact) mass is 414 g/mol. The number of benzene rings is 3. The van der Waals surface area contributed by atoms with Crippen LogP contribution >= 0.6 is 0 Å². The lowest BCUT2D eigenvalue weighted by molar-refractivity contribution is 0.892. The molecule has 0 fully saturated rings. The van der Waals surface area contributed by atoms with Crippen LogP contribution in [-0.4, -0.2) is 9.55 Å². The Morgan fingerprint density at radius 1 is 0.688 bits per heavy atom. The molecule has 156 valence electrons. The zero-order valence-electron chi connectivity index (χ0n) is 18.1. The standard InChI is InChI=1S/C30H26N2/c1-2-11-22(12-3-1)23-13-10-14-24(21-23)32-29-19-8-5-16-26(29)25-15-4-6-17-27(25)31-28-18-7-9-20-30(28)32/h1-4,7-15,18-21,31H,5-6,16-17H2. The van der Waals surface area contributed by atoms with Crippen molar-refractivity contribution in [3.8, 4) is 16.8 Å². The average Bonchev–Trinajstić information content (AvgIpc) is 2.86. The lowest BCUT2D eigenvalue weighted by Crippen LogP contribution is -2.11. The summed E-state index contributed by atoms with van der Waals surface area (Å²) in [5.41, 5.74) is 11.4. The van der Waals surface area contributed by atoms with Crippen molar-refractivity contribution in [3.05, 3.63) is 114 Å². The first-order chi connectivity index (χ1) is 15.9. The van der Waals surface area contributed by atoms with E-state index in [0.29, 0.717) is 0 Å². The van der Waals surface area contributed by atoms with Crippen molar-refractivity contribution in [1.82, 2.24) is 9.55 Å². The minimum Gasteiger partial charge on any atom is -0.357 e. The predicted molar refractivity (Wildman–Crippen MR) is 135 cm³/mol. The number of hydrogen-bond acceptors (Lipinski definition) is 0. The summed E-state index contributed by atoms with van der Waals surface area (Å²) >= 11 is 0. The smallest absolute Gasteiger partial charge is 0.0696 e. The largest absolute Gasteiger partial charge is 0.357 e. The van der Waals surface area contributed by atoms with Gasteiger partial charge in [-0.25, -0.2) is 0 Å². The van der Waals surface area contributed by atoms with Crippen LogP contribution in [0, 0.1) is 0 Å². The van der Waals surface area contributed by atoms with Gasteiger partial charge in [0, 0.05) is 17.1 Å². The molecule has 2 aliphatic rings. The molecule has 4 aromatic rings. The third-order valence-corrected chi connectivity index (χ3v) is 6.52. The van der Waals surface area contributed by atoms with Crippen LogP contribution in [0.15, 0.2) is 91.0 Å². The molecule has 0 radical (unpaired) electrons. The summed E-state index contributed by atoms with van der Waals surface area (Å²) in [5, 5.41) is 0. The maximum atomic E-state index is 3.81. The van der Waals surface area contributed by atoms with E-state index in [0.717, 1.165) is 31.2 Å². The lowest BCUT2D eigenvalue weighted by atomic mass is 9.92. The number of aromatic amines is 1. The van der Waals surface area contributed by atoms with Crippen molar-refractivity contribution >= 4 is 23.2 Å². The molecular formula is C30H26N2. The normalized spacial score (nSPS) is 14.1. The van der Waals surface area contributed by atoms with Crippen LogP contribution < -0.4 is 0 Å². The van der Waals surface area contributed by atoms with E-state index in [1.807, 2.05) is 0 Å². The van der Waals surface area contributed by atoms with Gasteiger partial charge in [0.05, 0.1) is 11.0 Å². The van der Waals surface area contributed by atoms with E-state index in [1.165, 1.54) is 44.8 Å². The third kappa shape index (κ3) is 3.29. The van der Waals surface area contributed by atoms with Gasteiger partial charge in [-0.2, -0.15) is 0 Å². The Morgan fingerprint density at radius 2 is 1.47 bits per heavy atom. The summed E-state index contributed by atoms with van der Waals surface area (Å²) in [6, 6.07) is 28.2. The number of allylic oxidation sites excluding steroid dienone is 2. The van der Waals surface area contributed by atoms with Crippen LogP contribution in [0.5, 0.6) is 0 Å². The van der Waals surface area contributed by atoms with Gasteiger partial charge < -0.3 is 9.55 Å². The molecule has 0 unspecified atom stereocenters. The number of rotatable bonds is 2. The third-order valence-electron chi connectivity index (χ3n) is 6.52. The van der Waals surface area contributed by atoms with E-state index < -0.39 is 0 Å². The van der Waals surface area contributed by atoms with E-state index in [-0.39, 0.29) is 0 Å². The summed E-state index contributed by atoms with van der Waals surface area (Å²) in [4.78, 5) is 3.81. The summed E-state index contributed by atoms with van der Waals surface area (Å²) in [5.74, 6) is 0. The number of aromatic nitrogens is 2. The Balaban J connectivity index is 1.73. The van der Waals surface area contributed by atoms with Crippen LogP contribution in [-0.2, 0) is 12.8 Å². The molecule has 0 spiro atoms. The van der Waals surface area contributed by atoms with Gasteiger partial charge >= 0.3 is 0 Å². The molecule has 32 heavy (non-hydrogen) atoms. The van der Waals surface area contributed by atoms with Crippen molar-refractivity contribution in [2.45, 2.75) is 25.7 Å². The first-order valence-corrected chi connectivity index (χ1v) is 11.5. The zero-order valence-corrected chi connectivity index (χ0v) is 18.1. The van der Waals surface area contributed by atoms with Crippen LogP contribution in [0.4, 0.5) is 0 Å². The summed E-state index contributed by atoms with van der Waals surface area (Å²) < 4.78 is 2.44. The number of fused-ring (bicyclic) bond motifs is 4. The number of nitrogens with zero attached hydrogens (tertiary/aromatic N) is 1. The highest BCUT2D eigenvalue weighted by atomic mass is 15.0. The van der Waals surface area contributed by atoms with Gasteiger partial charge in [0.15, 0.2) is 0 Å². The highest BCUT2D eigenvalue weighted by molar-refractivity contribution is 5.81. The van der Waals surface area contributed by atoms with Gasteiger partial charge in [0.1, 0.15) is 0 Å². The van der Waals surface area contributed by atoms with Gasteiger partial charge in [-0.05, 0) is 78.3 Å². The molecule has 0 amide bonds. The van der Waals surface area contributed by atoms with Crippen LogP contribution in [0.3, 0.4) is 0 Å². The Labute approximate surface area is 188 Å². The Morgan fingerprint density at radius 3 is 2.41 bits per heavy atom. The molecule has 6 rings (SSSR count). The van der Waals surface area contributed by atoms with E-state index in [4.69, 9.17) is 0 Å². The summed E-state index contributed by atoms with van der Waals surface area (Å²) in [6.45, 7) is 0. The van der Waals surface area contributed by atoms with Crippen molar-refractivity contribution in [1.29, 1.82) is 0 Å². The number of H-pyrrole nitrogens is 1. The fourth-order valence-corrected chi connectivity index (χ4v) is 5.01. The maximum absolute atomic E-state index is 3.81. The molecule has 0 saturated heterocycles. The molecule has 0 atom stereocenters. The van der Waals surface area contributed by atoms with Crippen molar-refractivity contribution in [2.75, 3.05) is 0 Å². The minimum absolute atomic E-state index is 1.06. The molecule has 0 bridgehead atoms. The van der Waals surface area contributed by atoms with Crippen LogP contribution in [0.25, 0.3) is 40.0 Å².